The van der Waals surface area contributed by atoms with E-state index in [-0.39, 0.29) is 5.76 Å². The third-order valence-corrected chi connectivity index (χ3v) is 2.75. The fraction of sp³-hybridized carbons (Fsp3) is 0.600. The lowest BCUT2D eigenvalue weighted by Gasteiger charge is -2.31. The lowest BCUT2D eigenvalue weighted by Crippen LogP contribution is -2.43. The second-order valence-corrected chi connectivity index (χ2v) is 4.07. The molecule has 0 radical (unpaired) electrons. The predicted octanol–water partition coefficient (Wildman–Crippen LogP) is 0.120. The van der Waals surface area contributed by atoms with E-state index in [1.165, 1.54) is 6.07 Å². The van der Waals surface area contributed by atoms with Crippen molar-refractivity contribution in [2.75, 3.05) is 33.2 Å². The lowest BCUT2D eigenvalue weighted by atomic mass is 10.3. The van der Waals surface area contributed by atoms with Crippen molar-refractivity contribution in [3.05, 3.63) is 17.5 Å². The summed E-state index contributed by atoms with van der Waals surface area (Å²) in [6.07, 6.45) is 0. The Hall–Kier alpha value is -1.40. The van der Waals surface area contributed by atoms with Gasteiger partial charge in [0.05, 0.1) is 5.69 Å². The van der Waals surface area contributed by atoms with Crippen LogP contribution < -0.4 is 0 Å². The van der Waals surface area contributed by atoms with Crippen LogP contribution in [0.15, 0.2) is 10.6 Å². The fourth-order valence-electron chi connectivity index (χ4n) is 1.72. The van der Waals surface area contributed by atoms with Crippen molar-refractivity contribution in [1.82, 2.24) is 15.0 Å². The normalized spacial score (nSPS) is 18.8. The summed E-state index contributed by atoms with van der Waals surface area (Å²) in [5.41, 5.74) is 0.682. The highest BCUT2D eigenvalue weighted by molar-refractivity contribution is 5.84. The first-order valence-corrected chi connectivity index (χ1v) is 5.25. The van der Waals surface area contributed by atoms with Crippen molar-refractivity contribution in [1.29, 1.82) is 0 Å². The number of carboxylic acid groups (broad SMARTS) is 1. The van der Waals surface area contributed by atoms with Crippen molar-refractivity contribution in [2.24, 2.45) is 0 Å². The van der Waals surface area contributed by atoms with E-state index in [1.54, 1.807) is 0 Å². The minimum atomic E-state index is -1.07. The quantitative estimate of drug-likeness (QED) is 0.788. The standard InChI is InChI=1S/C10H15N3O3/c1-12-2-4-13(5-3-12)7-8-6-9(10(14)15)16-11-8/h6H,2-5,7H2,1H3,(H,14,15). The van der Waals surface area contributed by atoms with Crippen LogP contribution in [0.5, 0.6) is 0 Å². The van der Waals surface area contributed by atoms with Crippen molar-refractivity contribution < 1.29 is 14.4 Å². The van der Waals surface area contributed by atoms with Gasteiger partial charge in [-0.2, -0.15) is 0 Å². The average Bonchev–Trinajstić information content (AvgIpc) is 2.70. The molecule has 1 aromatic heterocycles. The molecule has 1 aliphatic heterocycles. The van der Waals surface area contributed by atoms with Crippen LogP contribution in [0, 0.1) is 0 Å². The summed E-state index contributed by atoms with van der Waals surface area (Å²) in [5, 5.41) is 12.4. The van der Waals surface area contributed by atoms with Crippen LogP contribution in [-0.2, 0) is 6.54 Å². The summed E-state index contributed by atoms with van der Waals surface area (Å²) in [7, 11) is 2.09. The summed E-state index contributed by atoms with van der Waals surface area (Å²) < 4.78 is 4.70. The van der Waals surface area contributed by atoms with Crippen LogP contribution in [0.3, 0.4) is 0 Å². The van der Waals surface area contributed by atoms with Gasteiger partial charge in [-0.05, 0) is 7.05 Å². The number of carboxylic acids is 1. The van der Waals surface area contributed by atoms with E-state index in [0.717, 1.165) is 26.2 Å². The first kappa shape index (κ1) is 11.1. The van der Waals surface area contributed by atoms with Crippen molar-refractivity contribution in [3.8, 4) is 0 Å². The van der Waals surface area contributed by atoms with E-state index >= 15 is 0 Å². The molecule has 0 aliphatic carbocycles. The molecule has 1 N–H and O–H groups in total. The molecule has 0 aromatic carbocycles. The number of aromatic nitrogens is 1. The maximum absolute atomic E-state index is 10.6. The molecule has 0 amide bonds. The molecule has 1 aromatic rings. The van der Waals surface area contributed by atoms with E-state index in [2.05, 4.69) is 22.0 Å². The molecule has 0 spiro atoms. The Morgan fingerprint density at radius 2 is 2.19 bits per heavy atom. The number of hydrogen-bond acceptors (Lipinski definition) is 5. The Morgan fingerprint density at radius 1 is 1.50 bits per heavy atom. The van der Waals surface area contributed by atoms with Gasteiger partial charge < -0.3 is 14.5 Å². The maximum Gasteiger partial charge on any atom is 0.374 e. The van der Waals surface area contributed by atoms with Crippen molar-refractivity contribution in [3.63, 3.8) is 0 Å². The second-order valence-electron chi connectivity index (χ2n) is 4.07. The van der Waals surface area contributed by atoms with Crippen LogP contribution in [0.4, 0.5) is 0 Å². The molecule has 0 unspecified atom stereocenters. The monoisotopic (exact) mass is 225 g/mol. The van der Waals surface area contributed by atoms with Gasteiger partial charge in [0.15, 0.2) is 0 Å². The smallest absolute Gasteiger partial charge is 0.374 e. The van der Waals surface area contributed by atoms with Gasteiger partial charge in [-0.15, -0.1) is 0 Å². The van der Waals surface area contributed by atoms with E-state index in [0.29, 0.717) is 12.2 Å². The molecule has 2 rings (SSSR count). The third-order valence-electron chi connectivity index (χ3n) is 2.75. The Bertz CT molecular complexity index is 369. The van der Waals surface area contributed by atoms with Crippen LogP contribution in [0.2, 0.25) is 0 Å². The van der Waals surface area contributed by atoms with Gasteiger partial charge in [-0.1, -0.05) is 5.16 Å². The second kappa shape index (κ2) is 4.63. The van der Waals surface area contributed by atoms with Gasteiger partial charge in [0.2, 0.25) is 5.76 Å². The lowest BCUT2D eigenvalue weighted by molar-refractivity contribution is 0.0651. The molecule has 1 saturated heterocycles. The molecular weight excluding hydrogens is 210 g/mol. The van der Waals surface area contributed by atoms with E-state index in [4.69, 9.17) is 9.63 Å². The number of piperazine rings is 1. The number of likely N-dealkylation sites (N-methyl/N-ethyl adjacent to an activating group) is 1. The zero-order valence-electron chi connectivity index (χ0n) is 9.22. The summed E-state index contributed by atoms with van der Waals surface area (Å²) in [6.45, 7) is 4.68. The molecule has 6 nitrogen and oxygen atoms in total. The molecular formula is C10H15N3O3. The fourth-order valence-corrected chi connectivity index (χ4v) is 1.72. The highest BCUT2D eigenvalue weighted by atomic mass is 16.5. The highest BCUT2D eigenvalue weighted by Gasteiger charge is 2.17. The zero-order chi connectivity index (χ0) is 11.5. The zero-order valence-corrected chi connectivity index (χ0v) is 9.22. The Labute approximate surface area is 93.4 Å². The molecule has 16 heavy (non-hydrogen) atoms. The topological polar surface area (TPSA) is 69.8 Å². The predicted molar refractivity (Wildman–Crippen MR) is 56.2 cm³/mol. The molecule has 1 aliphatic rings. The summed E-state index contributed by atoms with van der Waals surface area (Å²) in [5.74, 6) is -1.17. The summed E-state index contributed by atoms with van der Waals surface area (Å²) >= 11 is 0. The van der Waals surface area contributed by atoms with Crippen molar-refractivity contribution in [2.45, 2.75) is 6.54 Å². The molecule has 0 saturated carbocycles. The molecule has 6 heteroatoms. The van der Waals surface area contributed by atoms with E-state index < -0.39 is 5.97 Å². The number of aromatic carboxylic acids is 1. The minimum Gasteiger partial charge on any atom is -0.475 e. The SMILES string of the molecule is CN1CCN(Cc2cc(C(=O)O)on2)CC1. The highest BCUT2D eigenvalue weighted by Crippen LogP contribution is 2.08. The number of hydrogen-bond donors (Lipinski definition) is 1. The molecule has 1 fully saturated rings. The van der Waals surface area contributed by atoms with Gasteiger partial charge in [-0.25, -0.2) is 4.79 Å². The largest absolute Gasteiger partial charge is 0.475 e. The summed E-state index contributed by atoms with van der Waals surface area (Å²) in [6, 6.07) is 1.49. The summed E-state index contributed by atoms with van der Waals surface area (Å²) in [4.78, 5) is 15.1. The van der Waals surface area contributed by atoms with Gasteiger partial charge in [-0.3, -0.25) is 4.90 Å². The van der Waals surface area contributed by atoms with Gasteiger partial charge in [0.25, 0.3) is 0 Å². The number of carbonyl (C=O) groups is 1. The first-order chi connectivity index (χ1) is 7.65. The van der Waals surface area contributed by atoms with Gasteiger partial charge in [0, 0.05) is 38.8 Å². The first-order valence-electron chi connectivity index (χ1n) is 5.25. The van der Waals surface area contributed by atoms with Gasteiger partial charge >= 0.3 is 5.97 Å². The van der Waals surface area contributed by atoms with E-state index in [1.807, 2.05) is 0 Å². The number of rotatable bonds is 3. The van der Waals surface area contributed by atoms with Crippen LogP contribution in [0.25, 0.3) is 0 Å². The number of nitrogens with zero attached hydrogens (tertiary/aromatic N) is 3. The Kier molecular flexibility index (Phi) is 3.21. The van der Waals surface area contributed by atoms with E-state index in [9.17, 15) is 4.79 Å². The van der Waals surface area contributed by atoms with Gasteiger partial charge in [0.1, 0.15) is 0 Å². The van der Waals surface area contributed by atoms with Crippen LogP contribution in [-0.4, -0.2) is 59.3 Å². The third kappa shape index (κ3) is 2.59. The van der Waals surface area contributed by atoms with Crippen molar-refractivity contribution >= 4 is 5.97 Å². The molecule has 88 valence electrons. The molecule has 0 atom stereocenters. The average molecular weight is 225 g/mol. The minimum absolute atomic E-state index is 0.0934. The molecule has 2 heterocycles. The Morgan fingerprint density at radius 3 is 2.75 bits per heavy atom. The molecule has 0 bridgehead atoms. The Balaban J connectivity index is 1.91. The maximum atomic E-state index is 10.6. The van der Waals surface area contributed by atoms with Crippen LogP contribution >= 0.6 is 0 Å². The van der Waals surface area contributed by atoms with Crippen LogP contribution in [0.1, 0.15) is 16.2 Å².